The minimum atomic E-state index is -4.22. The van der Waals surface area contributed by atoms with Crippen LogP contribution in [0.5, 0.6) is 0 Å². The first-order chi connectivity index (χ1) is 9.76. The predicted octanol–water partition coefficient (Wildman–Crippen LogP) is 3.09. The summed E-state index contributed by atoms with van der Waals surface area (Å²) >= 11 is 5.97. The van der Waals surface area contributed by atoms with E-state index in [1.807, 2.05) is 0 Å². The highest BCUT2D eigenvalue weighted by Crippen LogP contribution is 2.22. The number of carbonyl (C=O) groups is 1. The number of halogens is 6. The summed E-state index contributed by atoms with van der Waals surface area (Å²) in [5.41, 5.74) is 6.33. The van der Waals surface area contributed by atoms with Crippen LogP contribution in [-0.4, -0.2) is 54.6 Å². The molecular weight excluding hydrogens is 378 g/mol. The lowest BCUT2D eigenvalue weighted by Gasteiger charge is -2.35. The van der Waals surface area contributed by atoms with Gasteiger partial charge in [-0.05, 0) is 18.2 Å². The topological polar surface area (TPSA) is 49.6 Å². The van der Waals surface area contributed by atoms with Crippen molar-refractivity contribution in [3.8, 4) is 0 Å². The van der Waals surface area contributed by atoms with Crippen LogP contribution in [0.3, 0.4) is 0 Å². The smallest absolute Gasteiger partial charge is 0.399 e. The molecule has 23 heavy (non-hydrogen) atoms. The number of rotatable bonds is 2. The standard InChI is InChI=1S/C13H15ClF3N3O.2ClH/c14-11-7-9(18)1-2-10(11)12(21)20-5-3-19(4-6-20)8-13(15,16)17;;/h1-2,7H,3-6,8,18H2;2*1H. The lowest BCUT2D eigenvalue weighted by atomic mass is 10.1. The summed E-state index contributed by atoms with van der Waals surface area (Å²) in [7, 11) is 0. The van der Waals surface area contributed by atoms with Crippen LogP contribution < -0.4 is 5.73 Å². The summed E-state index contributed by atoms with van der Waals surface area (Å²) in [4.78, 5) is 15.1. The number of piperazine rings is 1. The molecular formula is C13H17Cl3F3N3O. The second kappa shape index (κ2) is 8.82. The van der Waals surface area contributed by atoms with E-state index >= 15 is 0 Å². The van der Waals surface area contributed by atoms with Crippen molar-refractivity contribution in [2.24, 2.45) is 0 Å². The minimum absolute atomic E-state index is 0. The number of anilines is 1. The van der Waals surface area contributed by atoms with Crippen LogP contribution in [0.4, 0.5) is 18.9 Å². The van der Waals surface area contributed by atoms with Crippen LogP contribution in [0.1, 0.15) is 10.4 Å². The van der Waals surface area contributed by atoms with E-state index in [4.69, 9.17) is 17.3 Å². The molecule has 1 aromatic rings. The number of alkyl halides is 3. The van der Waals surface area contributed by atoms with Gasteiger partial charge in [0.2, 0.25) is 0 Å². The first kappa shape index (κ1) is 22.1. The zero-order chi connectivity index (χ0) is 15.6. The normalized spacial score (nSPS) is 15.6. The molecule has 2 N–H and O–H groups in total. The molecule has 1 heterocycles. The van der Waals surface area contributed by atoms with Crippen molar-refractivity contribution >= 4 is 48.0 Å². The third-order valence-corrected chi connectivity index (χ3v) is 3.60. The Morgan fingerprint density at radius 2 is 1.74 bits per heavy atom. The van der Waals surface area contributed by atoms with Crippen LogP contribution in [-0.2, 0) is 0 Å². The van der Waals surface area contributed by atoms with Crippen molar-refractivity contribution in [1.29, 1.82) is 0 Å². The van der Waals surface area contributed by atoms with Crippen LogP contribution in [0.15, 0.2) is 18.2 Å². The molecule has 132 valence electrons. The van der Waals surface area contributed by atoms with E-state index in [9.17, 15) is 18.0 Å². The van der Waals surface area contributed by atoms with Crippen molar-refractivity contribution in [2.75, 3.05) is 38.5 Å². The van der Waals surface area contributed by atoms with Crippen molar-refractivity contribution < 1.29 is 18.0 Å². The monoisotopic (exact) mass is 393 g/mol. The lowest BCUT2D eigenvalue weighted by molar-refractivity contribution is -0.148. The van der Waals surface area contributed by atoms with Crippen molar-refractivity contribution in [2.45, 2.75) is 6.18 Å². The van der Waals surface area contributed by atoms with Gasteiger partial charge in [0, 0.05) is 31.9 Å². The van der Waals surface area contributed by atoms with Crippen molar-refractivity contribution in [1.82, 2.24) is 9.80 Å². The molecule has 1 aliphatic heterocycles. The quantitative estimate of drug-likeness (QED) is 0.784. The predicted molar refractivity (Wildman–Crippen MR) is 88.8 cm³/mol. The van der Waals surface area contributed by atoms with Crippen LogP contribution in [0.2, 0.25) is 5.02 Å². The number of hydrogen-bond donors (Lipinski definition) is 1. The molecule has 0 radical (unpaired) electrons. The maximum absolute atomic E-state index is 12.3. The van der Waals surface area contributed by atoms with E-state index in [0.29, 0.717) is 11.3 Å². The highest BCUT2D eigenvalue weighted by atomic mass is 35.5. The number of benzene rings is 1. The summed E-state index contributed by atoms with van der Waals surface area (Å²) < 4.78 is 36.9. The molecule has 0 bridgehead atoms. The number of amides is 1. The number of nitrogens with zero attached hydrogens (tertiary/aromatic N) is 2. The summed E-state index contributed by atoms with van der Waals surface area (Å²) in [6.07, 6.45) is -4.22. The maximum atomic E-state index is 12.3. The highest BCUT2D eigenvalue weighted by molar-refractivity contribution is 6.34. The van der Waals surface area contributed by atoms with E-state index in [1.165, 1.54) is 21.9 Å². The van der Waals surface area contributed by atoms with E-state index in [0.717, 1.165) is 0 Å². The van der Waals surface area contributed by atoms with Crippen LogP contribution in [0, 0.1) is 0 Å². The summed E-state index contributed by atoms with van der Waals surface area (Å²) in [6, 6.07) is 4.58. The van der Waals surface area contributed by atoms with E-state index in [1.54, 1.807) is 6.07 Å². The van der Waals surface area contributed by atoms with Gasteiger partial charge in [0.1, 0.15) is 0 Å². The second-order valence-corrected chi connectivity index (χ2v) is 5.33. The molecule has 1 aliphatic rings. The molecule has 2 rings (SSSR count). The number of nitrogen functional groups attached to an aromatic ring is 1. The molecule has 10 heteroatoms. The Balaban J connectivity index is 0.00000242. The van der Waals surface area contributed by atoms with Gasteiger partial charge in [0.05, 0.1) is 17.1 Å². The zero-order valence-corrected chi connectivity index (χ0v) is 14.4. The highest BCUT2D eigenvalue weighted by Gasteiger charge is 2.33. The molecule has 0 aliphatic carbocycles. The first-order valence-electron chi connectivity index (χ1n) is 6.40. The van der Waals surface area contributed by atoms with E-state index in [2.05, 4.69) is 0 Å². The fourth-order valence-electron chi connectivity index (χ4n) is 2.24. The molecule has 1 fully saturated rings. The summed E-state index contributed by atoms with van der Waals surface area (Å²) in [6.45, 7) is -0.0709. The van der Waals surface area contributed by atoms with E-state index in [-0.39, 0.29) is 61.9 Å². The maximum Gasteiger partial charge on any atom is 0.401 e. The zero-order valence-electron chi connectivity index (χ0n) is 12.0. The number of nitrogens with two attached hydrogens (primary N) is 1. The molecule has 0 atom stereocenters. The van der Waals surface area contributed by atoms with Gasteiger partial charge in [-0.2, -0.15) is 13.2 Å². The molecule has 0 unspecified atom stereocenters. The van der Waals surface area contributed by atoms with Crippen LogP contribution >= 0.6 is 36.4 Å². The van der Waals surface area contributed by atoms with Gasteiger partial charge < -0.3 is 10.6 Å². The Labute approximate surface area is 149 Å². The Kier molecular flexibility index (Phi) is 8.48. The van der Waals surface area contributed by atoms with Gasteiger partial charge in [-0.25, -0.2) is 0 Å². The number of hydrogen-bond acceptors (Lipinski definition) is 3. The molecule has 4 nitrogen and oxygen atoms in total. The SMILES string of the molecule is Cl.Cl.Nc1ccc(C(=O)N2CCN(CC(F)(F)F)CC2)c(Cl)c1. The Hall–Kier alpha value is -0.890. The fourth-order valence-corrected chi connectivity index (χ4v) is 2.51. The van der Waals surface area contributed by atoms with Gasteiger partial charge in [0.15, 0.2) is 0 Å². The van der Waals surface area contributed by atoms with Gasteiger partial charge in [-0.3, -0.25) is 9.69 Å². The molecule has 0 aromatic heterocycles. The number of carbonyl (C=O) groups excluding carboxylic acids is 1. The molecule has 1 amide bonds. The molecule has 1 saturated heterocycles. The average molecular weight is 395 g/mol. The molecule has 0 saturated carbocycles. The second-order valence-electron chi connectivity index (χ2n) is 4.92. The molecule has 0 spiro atoms. The minimum Gasteiger partial charge on any atom is -0.399 e. The average Bonchev–Trinajstić information content (AvgIpc) is 2.37. The van der Waals surface area contributed by atoms with Gasteiger partial charge >= 0.3 is 6.18 Å². The van der Waals surface area contributed by atoms with Gasteiger partial charge in [-0.15, -0.1) is 24.8 Å². The van der Waals surface area contributed by atoms with Gasteiger partial charge in [0.25, 0.3) is 5.91 Å². The fraction of sp³-hybridized carbons (Fsp3) is 0.462. The van der Waals surface area contributed by atoms with Crippen LogP contribution in [0.25, 0.3) is 0 Å². The third-order valence-electron chi connectivity index (χ3n) is 3.29. The Morgan fingerprint density at radius 3 is 2.22 bits per heavy atom. The summed E-state index contributed by atoms with van der Waals surface area (Å²) in [5.74, 6) is -0.286. The van der Waals surface area contributed by atoms with Crippen molar-refractivity contribution in [3.05, 3.63) is 28.8 Å². The van der Waals surface area contributed by atoms with Gasteiger partial charge in [-0.1, -0.05) is 11.6 Å². The first-order valence-corrected chi connectivity index (χ1v) is 6.77. The molecule has 1 aromatic carbocycles. The Morgan fingerprint density at radius 1 is 1.17 bits per heavy atom. The lowest BCUT2D eigenvalue weighted by Crippen LogP contribution is -2.50. The van der Waals surface area contributed by atoms with Crippen molar-refractivity contribution in [3.63, 3.8) is 0 Å². The Bertz CT molecular complexity index is 535. The van der Waals surface area contributed by atoms with E-state index < -0.39 is 12.7 Å². The third kappa shape index (κ3) is 6.25. The summed E-state index contributed by atoms with van der Waals surface area (Å²) in [5, 5.41) is 0.248. The largest absolute Gasteiger partial charge is 0.401 e.